The van der Waals surface area contributed by atoms with Crippen LogP contribution >= 0.6 is 11.3 Å². The van der Waals surface area contributed by atoms with Gasteiger partial charge >= 0.3 is 5.97 Å². The van der Waals surface area contributed by atoms with E-state index in [1.807, 2.05) is 12.3 Å². The molecular formula is C8H9NO3S. The average Bonchev–Trinajstić information content (AvgIpc) is 2.32. The molecule has 4 nitrogen and oxygen atoms in total. The lowest BCUT2D eigenvalue weighted by molar-refractivity contribution is -0.163. The van der Waals surface area contributed by atoms with Gasteiger partial charge in [0.05, 0.1) is 13.2 Å². The molecule has 1 N–H and O–H groups in total. The van der Waals surface area contributed by atoms with Gasteiger partial charge in [-0.25, -0.2) is 4.98 Å². The van der Waals surface area contributed by atoms with Crippen LogP contribution in [-0.4, -0.2) is 29.3 Å². The summed E-state index contributed by atoms with van der Waals surface area (Å²) in [7, 11) is 0. The molecule has 1 saturated heterocycles. The summed E-state index contributed by atoms with van der Waals surface area (Å²) in [6, 6.07) is 0. The Labute approximate surface area is 79.2 Å². The first-order valence-electron chi connectivity index (χ1n) is 3.89. The highest BCUT2D eigenvalue weighted by Crippen LogP contribution is 2.34. The molecule has 0 aliphatic carbocycles. The average molecular weight is 199 g/mol. The number of carbonyl (C=O) groups is 1. The first-order chi connectivity index (χ1) is 6.15. The van der Waals surface area contributed by atoms with E-state index < -0.39 is 11.4 Å². The van der Waals surface area contributed by atoms with Crippen LogP contribution in [0.15, 0.2) is 5.38 Å². The minimum absolute atomic E-state index is 0.245. The van der Waals surface area contributed by atoms with E-state index in [0.717, 1.165) is 5.69 Å². The first-order valence-corrected chi connectivity index (χ1v) is 4.77. The number of aromatic nitrogens is 1. The van der Waals surface area contributed by atoms with Crippen molar-refractivity contribution in [2.24, 2.45) is 0 Å². The fraction of sp³-hybridized carbons (Fsp3) is 0.500. The highest BCUT2D eigenvalue weighted by molar-refractivity contribution is 7.10. The van der Waals surface area contributed by atoms with Gasteiger partial charge in [-0.05, 0) is 6.92 Å². The van der Waals surface area contributed by atoms with Crippen molar-refractivity contribution < 1.29 is 14.6 Å². The van der Waals surface area contributed by atoms with Crippen LogP contribution in [0, 0.1) is 6.92 Å². The van der Waals surface area contributed by atoms with Gasteiger partial charge in [0.2, 0.25) is 0 Å². The molecular weight excluding hydrogens is 190 g/mol. The number of thiazole rings is 1. The van der Waals surface area contributed by atoms with E-state index in [-0.39, 0.29) is 13.2 Å². The summed E-state index contributed by atoms with van der Waals surface area (Å²) in [5, 5.41) is 11.5. The lowest BCUT2D eigenvalue weighted by atomic mass is 9.87. The molecule has 1 aromatic rings. The van der Waals surface area contributed by atoms with Crippen molar-refractivity contribution in [2.75, 3.05) is 13.2 Å². The predicted octanol–water partition coefficient (Wildman–Crippen LogP) is 0.804. The van der Waals surface area contributed by atoms with E-state index in [4.69, 9.17) is 9.84 Å². The smallest absolute Gasteiger partial charge is 0.321 e. The molecule has 2 heterocycles. The lowest BCUT2D eigenvalue weighted by Crippen LogP contribution is -2.53. The van der Waals surface area contributed by atoms with Crippen molar-refractivity contribution in [2.45, 2.75) is 12.3 Å². The third-order valence-electron chi connectivity index (χ3n) is 2.13. The number of nitrogens with zero attached hydrogens (tertiary/aromatic N) is 1. The summed E-state index contributed by atoms with van der Waals surface area (Å²) in [5.74, 6) is -0.840. The van der Waals surface area contributed by atoms with E-state index >= 15 is 0 Å². The second kappa shape index (κ2) is 2.78. The third-order valence-corrected chi connectivity index (χ3v) is 3.30. The monoisotopic (exact) mass is 199 g/mol. The van der Waals surface area contributed by atoms with Crippen molar-refractivity contribution in [1.82, 2.24) is 4.98 Å². The molecule has 5 heteroatoms. The Balaban J connectivity index is 2.37. The number of carboxylic acids is 1. The van der Waals surface area contributed by atoms with Crippen LogP contribution in [0.2, 0.25) is 0 Å². The topological polar surface area (TPSA) is 59.4 Å². The largest absolute Gasteiger partial charge is 0.480 e. The second-order valence-corrected chi connectivity index (χ2v) is 4.03. The minimum atomic E-state index is -0.862. The molecule has 1 fully saturated rings. The van der Waals surface area contributed by atoms with Crippen molar-refractivity contribution in [3.8, 4) is 0 Å². The van der Waals surface area contributed by atoms with Gasteiger partial charge in [-0.15, -0.1) is 11.3 Å². The molecule has 0 aromatic carbocycles. The van der Waals surface area contributed by atoms with Gasteiger partial charge in [-0.2, -0.15) is 0 Å². The van der Waals surface area contributed by atoms with E-state index in [0.29, 0.717) is 5.01 Å². The zero-order valence-electron chi connectivity index (χ0n) is 7.11. The standard InChI is InChI=1S/C8H9NO3S/c1-5-2-13-6(9-5)8(7(10)11)3-12-4-8/h2H,3-4H2,1H3,(H,10,11). The number of carboxylic acid groups (broad SMARTS) is 1. The summed E-state index contributed by atoms with van der Waals surface area (Å²) in [4.78, 5) is 15.2. The molecule has 0 bridgehead atoms. The normalized spacial score (nSPS) is 19.5. The zero-order valence-corrected chi connectivity index (χ0v) is 7.93. The zero-order chi connectivity index (χ0) is 9.47. The van der Waals surface area contributed by atoms with E-state index in [2.05, 4.69) is 4.98 Å². The van der Waals surface area contributed by atoms with Crippen LogP contribution in [0.4, 0.5) is 0 Å². The van der Waals surface area contributed by atoms with Crippen molar-refractivity contribution in [3.05, 3.63) is 16.1 Å². The number of aliphatic carboxylic acids is 1. The molecule has 1 aliphatic rings. The van der Waals surface area contributed by atoms with Crippen LogP contribution in [0.5, 0.6) is 0 Å². The molecule has 0 atom stereocenters. The highest BCUT2D eigenvalue weighted by atomic mass is 32.1. The quantitative estimate of drug-likeness (QED) is 0.765. The molecule has 13 heavy (non-hydrogen) atoms. The number of hydrogen-bond donors (Lipinski definition) is 1. The van der Waals surface area contributed by atoms with Gasteiger partial charge < -0.3 is 9.84 Å². The van der Waals surface area contributed by atoms with Gasteiger partial charge in [0.25, 0.3) is 0 Å². The second-order valence-electron chi connectivity index (χ2n) is 3.17. The summed E-state index contributed by atoms with van der Waals surface area (Å²) in [6.45, 7) is 2.35. The molecule has 0 radical (unpaired) electrons. The predicted molar refractivity (Wildman–Crippen MR) is 47.0 cm³/mol. The first kappa shape index (κ1) is 8.65. The molecule has 0 saturated carbocycles. The van der Waals surface area contributed by atoms with Crippen molar-refractivity contribution >= 4 is 17.3 Å². The van der Waals surface area contributed by atoms with Gasteiger partial charge in [0, 0.05) is 11.1 Å². The van der Waals surface area contributed by atoms with E-state index in [1.54, 1.807) is 0 Å². The fourth-order valence-electron chi connectivity index (χ4n) is 1.22. The van der Waals surface area contributed by atoms with Gasteiger partial charge in [0.1, 0.15) is 5.01 Å². The summed E-state index contributed by atoms with van der Waals surface area (Å²) in [5.41, 5.74) is 0.00590. The fourth-order valence-corrected chi connectivity index (χ4v) is 2.18. The van der Waals surface area contributed by atoms with Crippen LogP contribution in [0.3, 0.4) is 0 Å². The molecule has 1 aromatic heterocycles. The molecule has 0 amide bonds. The Morgan fingerprint density at radius 1 is 1.77 bits per heavy atom. The molecule has 1 aliphatic heterocycles. The van der Waals surface area contributed by atoms with E-state index in [9.17, 15) is 4.79 Å². The summed E-state index contributed by atoms with van der Waals surface area (Å²) < 4.78 is 4.95. The third kappa shape index (κ3) is 1.15. The molecule has 2 rings (SSSR count). The van der Waals surface area contributed by atoms with Gasteiger partial charge in [-0.1, -0.05) is 0 Å². The Morgan fingerprint density at radius 3 is 2.77 bits per heavy atom. The van der Waals surface area contributed by atoms with Crippen LogP contribution in [0.1, 0.15) is 10.7 Å². The maximum atomic E-state index is 11.0. The lowest BCUT2D eigenvalue weighted by Gasteiger charge is -2.35. The van der Waals surface area contributed by atoms with Crippen molar-refractivity contribution in [3.63, 3.8) is 0 Å². The van der Waals surface area contributed by atoms with Crippen LogP contribution < -0.4 is 0 Å². The number of hydrogen-bond acceptors (Lipinski definition) is 4. The Bertz CT molecular complexity index is 343. The Kier molecular flexibility index (Phi) is 1.85. The summed E-state index contributed by atoms with van der Waals surface area (Å²) in [6.07, 6.45) is 0. The van der Waals surface area contributed by atoms with Crippen molar-refractivity contribution in [1.29, 1.82) is 0 Å². The summed E-state index contributed by atoms with van der Waals surface area (Å²) >= 11 is 1.39. The van der Waals surface area contributed by atoms with Crippen LogP contribution in [0.25, 0.3) is 0 Å². The maximum Gasteiger partial charge on any atom is 0.321 e. The Morgan fingerprint density at radius 2 is 2.46 bits per heavy atom. The highest BCUT2D eigenvalue weighted by Gasteiger charge is 2.50. The minimum Gasteiger partial charge on any atom is -0.480 e. The molecule has 0 unspecified atom stereocenters. The van der Waals surface area contributed by atoms with Crippen LogP contribution in [-0.2, 0) is 14.9 Å². The number of ether oxygens (including phenoxy) is 1. The van der Waals surface area contributed by atoms with E-state index in [1.165, 1.54) is 11.3 Å². The van der Waals surface area contributed by atoms with Gasteiger partial charge in [0.15, 0.2) is 5.41 Å². The number of aryl methyl sites for hydroxylation is 1. The SMILES string of the molecule is Cc1csc(C2(C(=O)O)COC2)n1. The maximum absolute atomic E-state index is 11.0. The Hall–Kier alpha value is -0.940. The molecule has 70 valence electrons. The molecule has 0 spiro atoms. The number of rotatable bonds is 2. The van der Waals surface area contributed by atoms with Gasteiger partial charge in [-0.3, -0.25) is 4.79 Å².